The lowest BCUT2D eigenvalue weighted by molar-refractivity contribution is 0.439. The van der Waals surface area contributed by atoms with Gasteiger partial charge in [0.1, 0.15) is 0 Å². The van der Waals surface area contributed by atoms with Crippen LogP contribution in [0.4, 0.5) is 5.82 Å². The minimum atomic E-state index is -0.810. The van der Waals surface area contributed by atoms with Crippen LogP contribution in [0.25, 0.3) is 5.69 Å². The zero-order valence-corrected chi connectivity index (χ0v) is 18.0. The van der Waals surface area contributed by atoms with Gasteiger partial charge in [0, 0.05) is 17.0 Å². The highest BCUT2D eigenvalue weighted by molar-refractivity contribution is 6.37. The Bertz CT molecular complexity index is 1330. The molecular formula is C19H18Cl2N6O4. The molecule has 10 nitrogen and oxygen atoms in total. The minimum absolute atomic E-state index is 0.0560. The number of nitrogens with two attached hydrogens (primary N) is 1. The van der Waals surface area contributed by atoms with Crippen molar-refractivity contribution in [3.63, 3.8) is 0 Å². The number of ether oxygens (including phenoxy) is 1. The molecule has 0 amide bonds. The Morgan fingerprint density at radius 2 is 1.77 bits per heavy atom. The maximum atomic E-state index is 12.3. The van der Waals surface area contributed by atoms with Crippen molar-refractivity contribution < 1.29 is 4.74 Å². The van der Waals surface area contributed by atoms with Crippen LogP contribution in [-0.4, -0.2) is 25.0 Å². The second kappa shape index (κ2) is 7.54. The fourth-order valence-electron chi connectivity index (χ4n) is 3.56. The molecule has 4 rings (SSSR count). The molecule has 0 atom stereocenters. The summed E-state index contributed by atoms with van der Waals surface area (Å²) in [5, 5.41) is 10.2. The van der Waals surface area contributed by atoms with Crippen LogP contribution in [0.15, 0.2) is 32.6 Å². The number of anilines is 1. The van der Waals surface area contributed by atoms with Gasteiger partial charge in [-0.3, -0.25) is 14.6 Å². The second-order valence-corrected chi connectivity index (χ2v) is 8.47. The Balaban J connectivity index is 1.72. The second-order valence-electron chi connectivity index (χ2n) is 7.66. The molecule has 0 bridgehead atoms. The summed E-state index contributed by atoms with van der Waals surface area (Å²) < 4.78 is 6.62. The van der Waals surface area contributed by atoms with Crippen LogP contribution in [0.2, 0.25) is 10.0 Å². The molecule has 0 saturated heterocycles. The van der Waals surface area contributed by atoms with E-state index < -0.39 is 17.1 Å². The van der Waals surface area contributed by atoms with Crippen molar-refractivity contribution in [1.29, 1.82) is 0 Å². The number of rotatable bonds is 5. The van der Waals surface area contributed by atoms with Crippen molar-refractivity contribution in [2.75, 3.05) is 5.73 Å². The van der Waals surface area contributed by atoms with Crippen LogP contribution in [0.5, 0.6) is 11.6 Å². The van der Waals surface area contributed by atoms with E-state index >= 15 is 0 Å². The molecule has 1 saturated carbocycles. The Morgan fingerprint density at radius 1 is 1.13 bits per heavy atom. The smallest absolute Gasteiger partial charge is 0.349 e. The molecule has 31 heavy (non-hydrogen) atoms. The monoisotopic (exact) mass is 464 g/mol. The quantitative estimate of drug-likeness (QED) is 0.524. The lowest BCUT2D eigenvalue weighted by atomic mass is 9.86. The molecule has 0 radical (unpaired) electrons. The number of aromatic amines is 2. The average molecular weight is 465 g/mol. The summed E-state index contributed by atoms with van der Waals surface area (Å²) in [7, 11) is 0. The fraction of sp³-hybridized carbons (Fsp3) is 0.316. The van der Waals surface area contributed by atoms with Gasteiger partial charge >= 0.3 is 5.69 Å². The maximum Gasteiger partial charge on any atom is 0.349 e. The van der Waals surface area contributed by atoms with E-state index in [2.05, 4.69) is 29.1 Å². The molecule has 0 aliphatic heterocycles. The third-order valence-corrected chi connectivity index (χ3v) is 6.06. The van der Waals surface area contributed by atoms with Gasteiger partial charge < -0.3 is 10.5 Å². The van der Waals surface area contributed by atoms with E-state index in [-0.39, 0.29) is 44.3 Å². The van der Waals surface area contributed by atoms with Crippen LogP contribution in [0.3, 0.4) is 0 Å². The molecule has 1 fully saturated rings. The number of H-pyrrole nitrogens is 2. The Morgan fingerprint density at radius 3 is 2.35 bits per heavy atom. The number of aromatic nitrogens is 5. The van der Waals surface area contributed by atoms with E-state index in [4.69, 9.17) is 33.7 Å². The van der Waals surface area contributed by atoms with Crippen LogP contribution in [0.1, 0.15) is 32.3 Å². The predicted octanol–water partition coefficient (Wildman–Crippen LogP) is 2.37. The molecule has 1 aliphatic carbocycles. The summed E-state index contributed by atoms with van der Waals surface area (Å²) in [6, 6.07) is 4.34. The van der Waals surface area contributed by atoms with Crippen LogP contribution in [0, 0.1) is 5.92 Å². The molecule has 0 spiro atoms. The molecule has 2 heterocycles. The van der Waals surface area contributed by atoms with Gasteiger partial charge in [0.25, 0.3) is 11.1 Å². The van der Waals surface area contributed by atoms with Crippen LogP contribution < -0.4 is 27.3 Å². The Hall–Kier alpha value is -3.11. The number of nitrogens with zero attached hydrogens (tertiary/aromatic N) is 3. The summed E-state index contributed by atoms with van der Waals surface area (Å²) in [6.07, 6.45) is 1.83. The lowest BCUT2D eigenvalue weighted by Gasteiger charge is -2.19. The van der Waals surface area contributed by atoms with Gasteiger partial charge in [0.2, 0.25) is 11.7 Å². The van der Waals surface area contributed by atoms with Gasteiger partial charge in [-0.2, -0.15) is 4.68 Å². The number of hydrogen-bond acceptors (Lipinski definition) is 7. The van der Waals surface area contributed by atoms with Gasteiger partial charge in [-0.15, -0.1) is 10.2 Å². The van der Waals surface area contributed by atoms with Gasteiger partial charge in [-0.05, 0) is 30.9 Å². The molecule has 4 N–H and O–H groups in total. The van der Waals surface area contributed by atoms with Crippen molar-refractivity contribution in [2.24, 2.45) is 5.92 Å². The molecular weight excluding hydrogens is 447 g/mol. The van der Waals surface area contributed by atoms with E-state index in [0.29, 0.717) is 5.56 Å². The first-order valence-corrected chi connectivity index (χ1v) is 10.1. The van der Waals surface area contributed by atoms with Gasteiger partial charge in [0.05, 0.1) is 15.7 Å². The Kier molecular flexibility index (Phi) is 5.14. The van der Waals surface area contributed by atoms with Crippen LogP contribution >= 0.6 is 23.2 Å². The highest BCUT2D eigenvalue weighted by Crippen LogP contribution is 2.53. The van der Waals surface area contributed by atoms with E-state index in [1.54, 1.807) is 6.07 Å². The van der Waals surface area contributed by atoms with Gasteiger partial charge in [0.15, 0.2) is 5.75 Å². The summed E-state index contributed by atoms with van der Waals surface area (Å²) in [5.74, 6) is 0.0984. The lowest BCUT2D eigenvalue weighted by Crippen LogP contribution is -2.33. The average Bonchev–Trinajstić information content (AvgIpc) is 3.50. The number of hydrogen-bond donors (Lipinski definition) is 3. The van der Waals surface area contributed by atoms with E-state index in [0.717, 1.165) is 17.5 Å². The molecule has 12 heteroatoms. The standard InChI is InChI=1S/C19H18Cl2N6O4/c1-8(2)19(3-4-19)10-7-13(24-25-16(10)28)31-14-11(20)5-9(6-12(14)21)27-18(30)23-17(29)15(22)26-27/h5-8H,3-4H2,1-2H3,(H2,22,26)(H,25,28)(H,23,29,30). The summed E-state index contributed by atoms with van der Waals surface area (Å²) in [5.41, 5.74) is 4.20. The zero-order chi connectivity index (χ0) is 22.5. The van der Waals surface area contributed by atoms with Crippen molar-refractivity contribution >= 4 is 29.0 Å². The van der Waals surface area contributed by atoms with Crippen molar-refractivity contribution in [3.05, 3.63) is 65.0 Å². The largest absolute Gasteiger partial charge is 0.434 e. The number of benzene rings is 1. The van der Waals surface area contributed by atoms with Crippen molar-refractivity contribution in [2.45, 2.75) is 32.1 Å². The van der Waals surface area contributed by atoms with Gasteiger partial charge in [-0.25, -0.2) is 9.89 Å². The third-order valence-electron chi connectivity index (χ3n) is 5.50. The first kappa shape index (κ1) is 21.1. The summed E-state index contributed by atoms with van der Waals surface area (Å²) in [6.45, 7) is 4.14. The topological polar surface area (TPSA) is 149 Å². The minimum Gasteiger partial charge on any atom is -0.434 e. The van der Waals surface area contributed by atoms with Crippen molar-refractivity contribution in [3.8, 4) is 17.3 Å². The van der Waals surface area contributed by atoms with E-state index in [1.165, 1.54) is 12.1 Å². The SMILES string of the molecule is CC(C)C1(c2cc(Oc3c(Cl)cc(-n4nc(N)c(=O)[nH]c4=O)cc3Cl)n[nH]c2=O)CC1. The number of halogens is 2. The highest BCUT2D eigenvalue weighted by Gasteiger charge is 2.48. The fourth-order valence-corrected chi connectivity index (χ4v) is 4.11. The third kappa shape index (κ3) is 3.72. The first-order valence-electron chi connectivity index (χ1n) is 9.39. The molecule has 1 aromatic carbocycles. The molecule has 162 valence electrons. The first-order chi connectivity index (χ1) is 14.6. The van der Waals surface area contributed by atoms with Crippen LogP contribution in [-0.2, 0) is 5.41 Å². The molecule has 3 aromatic rings. The van der Waals surface area contributed by atoms with E-state index in [9.17, 15) is 14.4 Å². The molecule has 1 aliphatic rings. The zero-order valence-electron chi connectivity index (χ0n) is 16.5. The maximum absolute atomic E-state index is 12.3. The molecule has 0 unspecified atom stereocenters. The predicted molar refractivity (Wildman–Crippen MR) is 116 cm³/mol. The summed E-state index contributed by atoms with van der Waals surface area (Å²) in [4.78, 5) is 37.8. The number of nitrogens with one attached hydrogen (secondary N) is 2. The Labute approximate surface area is 185 Å². The molecule has 2 aromatic heterocycles. The highest BCUT2D eigenvalue weighted by atomic mass is 35.5. The summed E-state index contributed by atoms with van der Waals surface area (Å²) >= 11 is 12.7. The van der Waals surface area contributed by atoms with E-state index in [1.807, 2.05) is 4.98 Å². The van der Waals surface area contributed by atoms with Gasteiger partial charge in [-0.1, -0.05) is 37.0 Å². The van der Waals surface area contributed by atoms with Crippen molar-refractivity contribution in [1.82, 2.24) is 25.0 Å². The number of nitrogen functional groups attached to an aromatic ring is 1. The normalized spacial score (nSPS) is 14.6.